The van der Waals surface area contributed by atoms with Crippen LogP contribution in [0.2, 0.25) is 0 Å². The van der Waals surface area contributed by atoms with E-state index in [-0.39, 0.29) is 28.0 Å². The number of likely N-dealkylation sites (tertiary alicyclic amines) is 1. The number of allylic oxidation sites excluding steroid dienone is 1. The molecule has 1 unspecified atom stereocenters. The lowest BCUT2D eigenvalue weighted by molar-refractivity contribution is 0.0938. The Morgan fingerprint density at radius 1 is 1.23 bits per heavy atom. The summed E-state index contributed by atoms with van der Waals surface area (Å²) in [5.41, 5.74) is 1.58. The molecule has 0 bridgehead atoms. The first-order valence-electron chi connectivity index (χ1n) is 10.3. The Labute approximate surface area is 178 Å². The first kappa shape index (κ1) is 22.6. The first-order valence-corrected chi connectivity index (χ1v) is 11.9. The SMILES string of the molecule is COc1cc(S(N)(=O)=O)cc(C(=O)NCC2CCCN2CC2=CCCCC2)c1OC. The van der Waals surface area contributed by atoms with Crippen LogP contribution in [0.15, 0.2) is 28.7 Å². The number of hydrogen-bond donors (Lipinski definition) is 2. The van der Waals surface area contributed by atoms with E-state index in [0.717, 1.165) is 38.8 Å². The molecule has 3 rings (SSSR count). The summed E-state index contributed by atoms with van der Waals surface area (Å²) in [6.07, 6.45) is 9.32. The average Bonchev–Trinajstić information content (AvgIpc) is 3.17. The van der Waals surface area contributed by atoms with Gasteiger partial charge in [0.25, 0.3) is 5.91 Å². The van der Waals surface area contributed by atoms with Gasteiger partial charge in [0.1, 0.15) is 0 Å². The minimum atomic E-state index is -4.00. The van der Waals surface area contributed by atoms with Crippen LogP contribution in [0.1, 0.15) is 48.9 Å². The molecular weight excluding hydrogens is 406 g/mol. The van der Waals surface area contributed by atoms with Crippen molar-refractivity contribution >= 4 is 15.9 Å². The van der Waals surface area contributed by atoms with Crippen LogP contribution in [-0.2, 0) is 10.0 Å². The fourth-order valence-electron chi connectivity index (χ4n) is 4.22. The van der Waals surface area contributed by atoms with Crippen molar-refractivity contribution in [3.8, 4) is 11.5 Å². The Kier molecular flexibility index (Phi) is 7.38. The lowest BCUT2D eigenvalue weighted by atomic mass is 9.99. The molecule has 1 saturated heterocycles. The maximum atomic E-state index is 12.9. The van der Waals surface area contributed by atoms with E-state index in [0.29, 0.717) is 6.54 Å². The van der Waals surface area contributed by atoms with E-state index in [2.05, 4.69) is 16.3 Å². The zero-order valence-electron chi connectivity index (χ0n) is 17.6. The molecule has 166 valence electrons. The second-order valence-electron chi connectivity index (χ2n) is 7.84. The number of methoxy groups -OCH3 is 2. The summed E-state index contributed by atoms with van der Waals surface area (Å²) in [6, 6.07) is 2.73. The zero-order chi connectivity index (χ0) is 21.7. The summed E-state index contributed by atoms with van der Waals surface area (Å²) >= 11 is 0. The van der Waals surface area contributed by atoms with E-state index >= 15 is 0 Å². The number of amides is 1. The highest BCUT2D eigenvalue weighted by atomic mass is 32.2. The molecule has 1 aromatic rings. The number of benzene rings is 1. The fourth-order valence-corrected chi connectivity index (χ4v) is 4.77. The highest BCUT2D eigenvalue weighted by molar-refractivity contribution is 7.89. The molecule has 0 aromatic heterocycles. The van der Waals surface area contributed by atoms with Crippen LogP contribution in [0.5, 0.6) is 11.5 Å². The molecule has 3 N–H and O–H groups in total. The number of nitrogens with zero attached hydrogens (tertiary/aromatic N) is 1. The number of sulfonamides is 1. The molecular formula is C21H31N3O5S. The highest BCUT2D eigenvalue weighted by Crippen LogP contribution is 2.34. The molecule has 1 fully saturated rings. The van der Waals surface area contributed by atoms with Gasteiger partial charge in [-0.1, -0.05) is 11.6 Å². The number of primary sulfonamides is 1. The largest absolute Gasteiger partial charge is 0.493 e. The molecule has 8 nitrogen and oxygen atoms in total. The van der Waals surface area contributed by atoms with Crippen molar-refractivity contribution in [1.29, 1.82) is 0 Å². The lowest BCUT2D eigenvalue weighted by Crippen LogP contribution is -2.41. The summed E-state index contributed by atoms with van der Waals surface area (Å²) in [4.78, 5) is 15.1. The van der Waals surface area contributed by atoms with Gasteiger partial charge in [0.2, 0.25) is 10.0 Å². The second-order valence-corrected chi connectivity index (χ2v) is 9.40. The van der Waals surface area contributed by atoms with E-state index in [1.807, 2.05) is 0 Å². The Morgan fingerprint density at radius 2 is 2.03 bits per heavy atom. The molecule has 1 atom stereocenters. The predicted octanol–water partition coefficient (Wildman–Crippen LogP) is 2.05. The summed E-state index contributed by atoms with van der Waals surface area (Å²) < 4.78 is 34.1. The van der Waals surface area contributed by atoms with Gasteiger partial charge in [-0.15, -0.1) is 0 Å². The summed E-state index contributed by atoms with van der Waals surface area (Å²) in [5, 5.41) is 8.20. The lowest BCUT2D eigenvalue weighted by Gasteiger charge is -2.27. The zero-order valence-corrected chi connectivity index (χ0v) is 18.5. The van der Waals surface area contributed by atoms with Gasteiger partial charge in [0, 0.05) is 25.2 Å². The van der Waals surface area contributed by atoms with Crippen LogP contribution in [0.3, 0.4) is 0 Å². The Balaban J connectivity index is 1.73. The molecule has 1 heterocycles. The summed E-state index contributed by atoms with van der Waals surface area (Å²) in [7, 11) is -1.22. The number of nitrogens with one attached hydrogen (secondary N) is 1. The van der Waals surface area contributed by atoms with Crippen molar-refractivity contribution in [3.05, 3.63) is 29.3 Å². The minimum absolute atomic E-state index is 0.0837. The predicted molar refractivity (Wildman–Crippen MR) is 114 cm³/mol. The van der Waals surface area contributed by atoms with Crippen molar-refractivity contribution < 1.29 is 22.7 Å². The Hall–Kier alpha value is -2.10. The van der Waals surface area contributed by atoms with Gasteiger partial charge in [0.15, 0.2) is 11.5 Å². The molecule has 1 aromatic carbocycles. The van der Waals surface area contributed by atoms with Crippen LogP contribution < -0.4 is 19.9 Å². The summed E-state index contributed by atoms with van der Waals surface area (Å²) in [5.74, 6) is -0.0988. The molecule has 9 heteroatoms. The maximum Gasteiger partial charge on any atom is 0.255 e. The van der Waals surface area contributed by atoms with Crippen molar-refractivity contribution in [2.24, 2.45) is 5.14 Å². The number of nitrogens with two attached hydrogens (primary N) is 1. The maximum absolute atomic E-state index is 12.9. The molecule has 0 saturated carbocycles. The number of rotatable bonds is 8. The van der Waals surface area contributed by atoms with Crippen molar-refractivity contribution in [1.82, 2.24) is 10.2 Å². The molecule has 2 aliphatic rings. The second kappa shape index (κ2) is 9.80. The normalized spacial score (nSPS) is 20.0. The van der Waals surface area contributed by atoms with Gasteiger partial charge in [0.05, 0.1) is 24.7 Å². The van der Waals surface area contributed by atoms with Crippen LogP contribution >= 0.6 is 0 Å². The van der Waals surface area contributed by atoms with Crippen LogP contribution in [0.4, 0.5) is 0 Å². The van der Waals surface area contributed by atoms with Crippen molar-refractivity contribution in [3.63, 3.8) is 0 Å². The standard InChI is InChI=1S/C21H31N3O5S/c1-28-19-12-17(30(22,26)27)11-18(20(19)29-2)21(25)23-13-16-9-6-10-24(16)14-15-7-4-3-5-8-15/h7,11-12,16H,3-6,8-10,13-14H2,1-2H3,(H,23,25)(H2,22,26,27). The number of carbonyl (C=O) groups excluding carboxylic acids is 1. The van der Waals surface area contributed by atoms with E-state index in [1.165, 1.54) is 44.8 Å². The third kappa shape index (κ3) is 5.33. The first-order chi connectivity index (χ1) is 14.3. The van der Waals surface area contributed by atoms with E-state index < -0.39 is 15.9 Å². The minimum Gasteiger partial charge on any atom is -0.493 e. The Morgan fingerprint density at radius 3 is 2.67 bits per heavy atom. The third-order valence-corrected chi connectivity index (χ3v) is 6.71. The van der Waals surface area contributed by atoms with Crippen LogP contribution in [0, 0.1) is 0 Å². The highest BCUT2D eigenvalue weighted by Gasteiger charge is 2.27. The van der Waals surface area contributed by atoms with Crippen LogP contribution in [0.25, 0.3) is 0 Å². The van der Waals surface area contributed by atoms with E-state index in [4.69, 9.17) is 14.6 Å². The number of hydrogen-bond acceptors (Lipinski definition) is 6. The Bertz CT molecular complexity index is 913. The monoisotopic (exact) mass is 437 g/mol. The number of ether oxygens (including phenoxy) is 2. The van der Waals surface area contributed by atoms with Gasteiger partial charge in [-0.2, -0.15) is 0 Å². The molecule has 0 radical (unpaired) electrons. The van der Waals surface area contributed by atoms with Gasteiger partial charge >= 0.3 is 0 Å². The quantitative estimate of drug-likeness (QED) is 0.602. The molecule has 1 aliphatic heterocycles. The van der Waals surface area contributed by atoms with Gasteiger partial charge < -0.3 is 14.8 Å². The summed E-state index contributed by atoms with van der Waals surface area (Å²) in [6.45, 7) is 2.46. The van der Waals surface area contributed by atoms with Crippen molar-refractivity contribution in [2.75, 3.05) is 33.9 Å². The molecule has 1 amide bonds. The van der Waals surface area contributed by atoms with Gasteiger partial charge in [-0.3, -0.25) is 9.69 Å². The van der Waals surface area contributed by atoms with E-state index in [9.17, 15) is 13.2 Å². The fraction of sp³-hybridized carbons (Fsp3) is 0.571. The van der Waals surface area contributed by atoms with Crippen LogP contribution in [-0.4, -0.2) is 59.1 Å². The molecule has 0 spiro atoms. The average molecular weight is 438 g/mol. The van der Waals surface area contributed by atoms with Gasteiger partial charge in [-0.25, -0.2) is 13.6 Å². The van der Waals surface area contributed by atoms with Gasteiger partial charge in [-0.05, 0) is 51.1 Å². The smallest absolute Gasteiger partial charge is 0.255 e. The third-order valence-electron chi connectivity index (χ3n) is 5.81. The molecule has 1 aliphatic carbocycles. The topological polar surface area (TPSA) is 111 Å². The van der Waals surface area contributed by atoms with E-state index in [1.54, 1.807) is 0 Å². The number of carbonyl (C=O) groups is 1. The van der Waals surface area contributed by atoms with Crippen molar-refractivity contribution in [2.45, 2.75) is 49.5 Å². The molecule has 30 heavy (non-hydrogen) atoms.